The Labute approximate surface area is 152 Å². The van der Waals surface area contributed by atoms with E-state index in [2.05, 4.69) is 5.32 Å². The van der Waals surface area contributed by atoms with Crippen molar-refractivity contribution >= 4 is 29.9 Å². The fraction of sp³-hybridized carbons (Fsp3) is 0.529. The lowest BCUT2D eigenvalue weighted by Crippen LogP contribution is -2.57. The molecule has 1 saturated carbocycles. The number of nitrogens with two attached hydrogens (primary N) is 1. The molecule has 5 nitrogen and oxygen atoms in total. The molecule has 0 heterocycles. The monoisotopic (exact) mass is 375 g/mol. The molecule has 1 aromatic rings. The van der Waals surface area contributed by atoms with Crippen LogP contribution in [0.1, 0.15) is 39.0 Å². The number of halogens is 3. The zero-order valence-electron chi connectivity index (χ0n) is 14.2. The van der Waals surface area contributed by atoms with E-state index in [1.54, 1.807) is 6.92 Å². The Morgan fingerprint density at radius 3 is 2.28 bits per heavy atom. The third-order valence-corrected chi connectivity index (χ3v) is 4.40. The van der Waals surface area contributed by atoms with Crippen molar-refractivity contribution in [1.82, 2.24) is 4.90 Å². The molecule has 0 spiro atoms. The summed E-state index contributed by atoms with van der Waals surface area (Å²) in [7, 11) is 0. The number of nitrogens with one attached hydrogen (secondary N) is 1. The topological polar surface area (TPSA) is 75.4 Å². The first kappa shape index (κ1) is 21.3. The van der Waals surface area contributed by atoms with E-state index in [0.717, 1.165) is 31.4 Å². The molecule has 0 unspecified atom stereocenters. The van der Waals surface area contributed by atoms with E-state index in [1.165, 1.54) is 11.0 Å². The number of hydrogen-bond donors (Lipinski definition) is 2. The largest absolute Gasteiger partial charge is 0.332 e. The number of carbonyl (C=O) groups is 2. The molecule has 2 rings (SSSR count). The van der Waals surface area contributed by atoms with Crippen molar-refractivity contribution in [1.29, 1.82) is 0 Å². The van der Waals surface area contributed by atoms with Crippen molar-refractivity contribution in [2.24, 2.45) is 5.73 Å². The van der Waals surface area contributed by atoms with Crippen LogP contribution in [-0.2, 0) is 9.59 Å². The minimum absolute atomic E-state index is 0. The Bertz CT molecular complexity index is 602. The van der Waals surface area contributed by atoms with Crippen LogP contribution < -0.4 is 11.1 Å². The minimum atomic E-state index is -0.947. The lowest BCUT2D eigenvalue weighted by molar-refractivity contribution is -0.140. The summed E-state index contributed by atoms with van der Waals surface area (Å²) in [6.45, 7) is 1.74. The Morgan fingerprint density at radius 2 is 1.76 bits per heavy atom. The van der Waals surface area contributed by atoms with E-state index in [9.17, 15) is 18.4 Å². The number of para-hydroxylation sites is 1. The molecule has 1 aromatic carbocycles. The van der Waals surface area contributed by atoms with Gasteiger partial charge in [-0.2, -0.15) is 0 Å². The second-order valence-corrected chi connectivity index (χ2v) is 6.18. The summed E-state index contributed by atoms with van der Waals surface area (Å²) < 4.78 is 27.2. The second kappa shape index (κ2) is 9.10. The lowest BCUT2D eigenvalue weighted by Gasteiger charge is -2.36. The Balaban J connectivity index is 0.00000312. The normalized spacial score (nSPS) is 15.8. The molecule has 140 valence electrons. The third-order valence-electron chi connectivity index (χ3n) is 4.40. The quantitative estimate of drug-likeness (QED) is 0.830. The second-order valence-electron chi connectivity index (χ2n) is 6.18. The molecule has 8 heteroatoms. The Morgan fingerprint density at radius 1 is 1.20 bits per heavy atom. The number of likely N-dealkylation sites (N-methyl/N-ethyl adjacent to an activating group) is 1. The van der Waals surface area contributed by atoms with Gasteiger partial charge in [0.2, 0.25) is 11.8 Å². The van der Waals surface area contributed by atoms with Gasteiger partial charge < -0.3 is 16.0 Å². The summed E-state index contributed by atoms with van der Waals surface area (Å²) in [5.41, 5.74) is 4.76. The highest BCUT2D eigenvalue weighted by Crippen LogP contribution is 2.27. The molecule has 1 aliphatic rings. The summed E-state index contributed by atoms with van der Waals surface area (Å²) in [6.07, 6.45) is 3.99. The molecule has 0 bridgehead atoms. The Kier molecular flexibility index (Phi) is 7.76. The summed E-state index contributed by atoms with van der Waals surface area (Å²) in [5, 5.41) is 2.19. The molecular weight excluding hydrogens is 352 g/mol. The molecule has 0 aliphatic heterocycles. The van der Waals surface area contributed by atoms with Gasteiger partial charge in [0.15, 0.2) is 0 Å². The van der Waals surface area contributed by atoms with Crippen LogP contribution in [0.2, 0.25) is 0 Å². The van der Waals surface area contributed by atoms with Gasteiger partial charge in [-0.25, -0.2) is 8.78 Å². The molecule has 25 heavy (non-hydrogen) atoms. The van der Waals surface area contributed by atoms with Gasteiger partial charge in [-0.1, -0.05) is 25.3 Å². The van der Waals surface area contributed by atoms with Gasteiger partial charge in [-0.05, 0) is 31.9 Å². The first-order valence-electron chi connectivity index (χ1n) is 8.19. The molecular formula is C17H24ClF2N3O2. The van der Waals surface area contributed by atoms with Gasteiger partial charge in [0, 0.05) is 6.54 Å². The van der Waals surface area contributed by atoms with Crippen molar-refractivity contribution in [3.05, 3.63) is 29.8 Å². The fourth-order valence-corrected chi connectivity index (χ4v) is 3.01. The standard InChI is InChI=1S/C17H23F2N3O2.ClH/c1-2-22(16(24)17(20)9-4-3-5-10-17)11-14(23)21-15-12(18)7-6-8-13(15)19;/h6-8H,2-5,9-11,20H2,1H3,(H,21,23);1H. The van der Waals surface area contributed by atoms with Crippen molar-refractivity contribution in [3.63, 3.8) is 0 Å². The zero-order chi connectivity index (χ0) is 17.7. The maximum absolute atomic E-state index is 13.6. The molecule has 3 N–H and O–H groups in total. The number of carbonyl (C=O) groups excluding carboxylic acids is 2. The smallest absolute Gasteiger partial charge is 0.244 e. The predicted octanol–water partition coefficient (Wildman–Crippen LogP) is 2.84. The van der Waals surface area contributed by atoms with Crippen LogP contribution in [0.15, 0.2) is 18.2 Å². The van der Waals surface area contributed by atoms with E-state index < -0.39 is 28.8 Å². The highest BCUT2D eigenvalue weighted by atomic mass is 35.5. The average Bonchev–Trinajstić information content (AvgIpc) is 2.56. The fourth-order valence-electron chi connectivity index (χ4n) is 3.01. The van der Waals surface area contributed by atoms with Crippen molar-refractivity contribution in [2.75, 3.05) is 18.4 Å². The molecule has 0 saturated heterocycles. The summed E-state index contributed by atoms with van der Waals surface area (Å²) >= 11 is 0. The van der Waals surface area contributed by atoms with Gasteiger partial charge >= 0.3 is 0 Å². The molecule has 1 fully saturated rings. The maximum atomic E-state index is 13.6. The number of anilines is 1. The number of rotatable bonds is 5. The number of nitrogens with zero attached hydrogens (tertiary/aromatic N) is 1. The molecule has 1 aliphatic carbocycles. The van der Waals surface area contributed by atoms with Crippen molar-refractivity contribution in [2.45, 2.75) is 44.6 Å². The van der Waals surface area contributed by atoms with Gasteiger partial charge in [-0.3, -0.25) is 9.59 Å². The number of amides is 2. The summed E-state index contributed by atoms with van der Waals surface area (Å²) in [5.74, 6) is -2.66. The van der Waals surface area contributed by atoms with E-state index in [0.29, 0.717) is 19.4 Å². The summed E-state index contributed by atoms with van der Waals surface area (Å²) in [4.78, 5) is 26.1. The van der Waals surface area contributed by atoms with Crippen molar-refractivity contribution < 1.29 is 18.4 Å². The van der Waals surface area contributed by atoms with Gasteiger partial charge in [-0.15, -0.1) is 12.4 Å². The maximum Gasteiger partial charge on any atom is 0.244 e. The molecule has 0 atom stereocenters. The van der Waals surface area contributed by atoms with E-state index in [1.807, 2.05) is 0 Å². The third kappa shape index (κ3) is 5.12. The Hall–Kier alpha value is -1.73. The first-order chi connectivity index (χ1) is 11.4. The highest BCUT2D eigenvalue weighted by Gasteiger charge is 2.38. The molecule has 2 amide bonds. The SMILES string of the molecule is CCN(CC(=O)Nc1c(F)cccc1F)C(=O)C1(N)CCCCC1.Cl. The van der Waals surface area contributed by atoms with Crippen LogP contribution in [-0.4, -0.2) is 35.3 Å². The zero-order valence-corrected chi connectivity index (χ0v) is 15.0. The van der Waals surface area contributed by atoms with Gasteiger partial charge in [0.05, 0.1) is 12.1 Å². The summed E-state index contributed by atoms with van der Waals surface area (Å²) in [6, 6.07) is 3.32. The van der Waals surface area contributed by atoms with Crippen LogP contribution >= 0.6 is 12.4 Å². The molecule has 0 aromatic heterocycles. The van der Waals surface area contributed by atoms with Crippen LogP contribution in [0.25, 0.3) is 0 Å². The van der Waals surface area contributed by atoms with E-state index in [-0.39, 0.29) is 24.9 Å². The van der Waals surface area contributed by atoms with E-state index in [4.69, 9.17) is 5.73 Å². The van der Waals surface area contributed by atoms with Crippen LogP contribution in [0.4, 0.5) is 14.5 Å². The van der Waals surface area contributed by atoms with E-state index >= 15 is 0 Å². The van der Waals surface area contributed by atoms with Gasteiger partial charge in [0.1, 0.15) is 17.3 Å². The van der Waals surface area contributed by atoms with Crippen LogP contribution in [0, 0.1) is 11.6 Å². The highest BCUT2D eigenvalue weighted by molar-refractivity contribution is 5.96. The van der Waals surface area contributed by atoms with Crippen molar-refractivity contribution in [3.8, 4) is 0 Å². The lowest BCUT2D eigenvalue weighted by atomic mass is 9.81. The molecule has 0 radical (unpaired) electrons. The number of benzene rings is 1. The minimum Gasteiger partial charge on any atom is -0.332 e. The first-order valence-corrected chi connectivity index (χ1v) is 8.19. The number of hydrogen-bond acceptors (Lipinski definition) is 3. The van der Waals surface area contributed by atoms with Gasteiger partial charge in [0.25, 0.3) is 0 Å². The van der Waals surface area contributed by atoms with Crippen LogP contribution in [0.3, 0.4) is 0 Å². The predicted molar refractivity (Wildman–Crippen MR) is 94.5 cm³/mol. The average molecular weight is 376 g/mol. The van der Waals surface area contributed by atoms with Crippen LogP contribution in [0.5, 0.6) is 0 Å².